The van der Waals surface area contributed by atoms with Gasteiger partial charge in [0.25, 0.3) is 5.91 Å². The number of carbonyl (C=O) groups is 1. The molecule has 0 bridgehead atoms. The van der Waals surface area contributed by atoms with Crippen LogP contribution >= 0.6 is 11.5 Å². The Morgan fingerprint density at radius 1 is 1.24 bits per heavy atom. The first-order valence-electron chi connectivity index (χ1n) is 7.43. The fourth-order valence-electron chi connectivity index (χ4n) is 2.64. The molecule has 4 rings (SSSR count). The van der Waals surface area contributed by atoms with Gasteiger partial charge in [0, 0.05) is 18.7 Å². The summed E-state index contributed by atoms with van der Waals surface area (Å²) in [5.74, 6) is 3.43. The molecule has 7 nitrogen and oxygen atoms in total. The van der Waals surface area contributed by atoms with Gasteiger partial charge < -0.3 is 9.47 Å². The first-order valence-corrected chi connectivity index (χ1v) is 8.20. The number of amides is 1. The second kappa shape index (κ2) is 6.07. The Hall–Kier alpha value is -3.12. The van der Waals surface area contributed by atoms with Crippen LogP contribution in [0.1, 0.15) is 22.0 Å². The summed E-state index contributed by atoms with van der Waals surface area (Å²) in [6.07, 6.45) is 5.29. The molecule has 2 aromatic heterocycles. The molecule has 0 spiro atoms. The van der Waals surface area contributed by atoms with Crippen LogP contribution < -0.4 is 0 Å². The van der Waals surface area contributed by atoms with Gasteiger partial charge in [-0.25, -0.2) is 9.37 Å². The van der Waals surface area contributed by atoms with Crippen LogP contribution in [0.25, 0.3) is 10.8 Å². The van der Waals surface area contributed by atoms with Gasteiger partial charge in [0.15, 0.2) is 16.7 Å². The average molecular weight is 354 g/mol. The van der Waals surface area contributed by atoms with Gasteiger partial charge in [-0.05, 0) is 41.7 Å². The van der Waals surface area contributed by atoms with Gasteiger partial charge in [-0.2, -0.15) is 4.37 Å². The van der Waals surface area contributed by atoms with Crippen LogP contribution in [0.5, 0.6) is 0 Å². The molecule has 1 aliphatic heterocycles. The number of halogens is 1. The second-order valence-electron chi connectivity index (χ2n) is 5.39. The van der Waals surface area contributed by atoms with Crippen molar-refractivity contribution in [3.63, 3.8) is 0 Å². The van der Waals surface area contributed by atoms with Gasteiger partial charge >= 0.3 is 0 Å². The first-order chi connectivity index (χ1) is 12.2. The van der Waals surface area contributed by atoms with Crippen molar-refractivity contribution < 1.29 is 9.18 Å². The molecule has 1 aliphatic rings. The fraction of sp³-hybridized carbons (Fsp3) is 0.188. The third kappa shape index (κ3) is 2.77. The van der Waals surface area contributed by atoms with E-state index < -0.39 is 0 Å². The fourth-order valence-corrected chi connectivity index (χ4v) is 3.26. The number of hydrogen-bond acceptors (Lipinski definition) is 6. The van der Waals surface area contributed by atoms with E-state index in [0.29, 0.717) is 47.7 Å². The normalized spacial score (nSPS) is 13.4. The van der Waals surface area contributed by atoms with Crippen molar-refractivity contribution >= 4 is 17.4 Å². The van der Waals surface area contributed by atoms with E-state index in [4.69, 9.17) is 6.42 Å². The molecule has 0 saturated carbocycles. The lowest BCUT2D eigenvalue weighted by molar-refractivity contribution is 0.0708. The van der Waals surface area contributed by atoms with E-state index in [0.717, 1.165) is 0 Å². The molecule has 0 saturated heterocycles. The Labute approximate surface area is 146 Å². The van der Waals surface area contributed by atoms with Crippen molar-refractivity contribution in [2.45, 2.75) is 13.1 Å². The molecule has 0 aliphatic carbocycles. The third-order valence-electron chi connectivity index (χ3n) is 3.88. The molecule has 0 fully saturated rings. The summed E-state index contributed by atoms with van der Waals surface area (Å²) < 4.78 is 19.0. The number of hydrogen-bond donors (Lipinski definition) is 0. The zero-order valence-electron chi connectivity index (χ0n) is 12.9. The summed E-state index contributed by atoms with van der Waals surface area (Å²) in [6, 6.07) is 5.50. The van der Waals surface area contributed by atoms with Gasteiger partial charge in [0.05, 0.1) is 6.54 Å². The van der Waals surface area contributed by atoms with Crippen LogP contribution in [0.4, 0.5) is 4.39 Å². The number of terminal acetylenes is 1. The Bertz CT molecular complexity index is 987. The van der Waals surface area contributed by atoms with Crippen LogP contribution in [-0.2, 0) is 13.1 Å². The van der Waals surface area contributed by atoms with Crippen molar-refractivity contribution in [2.75, 3.05) is 6.54 Å². The molecule has 25 heavy (non-hydrogen) atoms. The van der Waals surface area contributed by atoms with Crippen molar-refractivity contribution in [1.82, 2.24) is 29.0 Å². The van der Waals surface area contributed by atoms with Gasteiger partial charge in [0.2, 0.25) is 5.82 Å². The summed E-state index contributed by atoms with van der Waals surface area (Å²) >= 11 is 1.17. The highest BCUT2D eigenvalue weighted by molar-refractivity contribution is 7.09. The highest BCUT2D eigenvalue weighted by Crippen LogP contribution is 2.23. The first kappa shape index (κ1) is 15.4. The van der Waals surface area contributed by atoms with Crippen LogP contribution in [-0.4, -0.2) is 41.5 Å². The number of carbonyl (C=O) groups excluding carboxylic acids is 1. The summed E-state index contributed by atoms with van der Waals surface area (Å²) in [5.41, 5.74) is 0.442. The van der Waals surface area contributed by atoms with Gasteiger partial charge in [-0.15, -0.1) is 16.6 Å². The molecule has 9 heteroatoms. The minimum Gasteiger partial charge on any atom is -0.329 e. The molecule has 0 N–H and O–H groups in total. The van der Waals surface area contributed by atoms with Crippen molar-refractivity contribution in [2.24, 2.45) is 0 Å². The van der Waals surface area contributed by atoms with Crippen LogP contribution in [0, 0.1) is 18.2 Å². The monoisotopic (exact) mass is 354 g/mol. The van der Waals surface area contributed by atoms with E-state index in [-0.39, 0.29) is 11.7 Å². The molecule has 0 radical (unpaired) electrons. The molecule has 124 valence electrons. The average Bonchev–Trinajstić information content (AvgIpc) is 3.27. The van der Waals surface area contributed by atoms with Crippen molar-refractivity contribution in [3.05, 3.63) is 47.3 Å². The van der Waals surface area contributed by atoms with Crippen LogP contribution in [0.15, 0.2) is 24.3 Å². The number of aromatic nitrogens is 5. The maximum Gasteiger partial charge on any atom is 0.254 e. The van der Waals surface area contributed by atoms with E-state index >= 15 is 0 Å². The predicted molar refractivity (Wildman–Crippen MR) is 88.0 cm³/mol. The summed E-state index contributed by atoms with van der Waals surface area (Å²) in [7, 11) is 0. The predicted octanol–water partition coefficient (Wildman–Crippen LogP) is 1.57. The standard InChI is InChI=1S/C16H11FN6OS/c1-2-12-18-15(25-21-12)14-20-19-13-9-22(7-8-23(13)14)16(24)10-3-5-11(17)6-4-10/h1,3-6H,7-9H2. The highest BCUT2D eigenvalue weighted by atomic mass is 32.1. The Morgan fingerprint density at radius 2 is 2.04 bits per heavy atom. The molecule has 1 aromatic carbocycles. The third-order valence-corrected chi connectivity index (χ3v) is 4.59. The maximum atomic E-state index is 13.0. The Kier molecular flexibility index (Phi) is 3.74. The SMILES string of the molecule is C#Cc1nsc(-c2nnc3n2CCN(C(=O)c2ccc(F)cc2)C3)n1. The van der Waals surface area contributed by atoms with Gasteiger partial charge in [-0.1, -0.05) is 0 Å². The number of nitrogens with zero attached hydrogens (tertiary/aromatic N) is 6. The molecule has 0 unspecified atom stereocenters. The molecular weight excluding hydrogens is 343 g/mol. The zero-order valence-corrected chi connectivity index (χ0v) is 13.7. The van der Waals surface area contributed by atoms with Crippen LogP contribution in [0.3, 0.4) is 0 Å². The lowest BCUT2D eigenvalue weighted by Gasteiger charge is -2.27. The minimum absolute atomic E-state index is 0.165. The van der Waals surface area contributed by atoms with Crippen molar-refractivity contribution in [3.8, 4) is 23.2 Å². The summed E-state index contributed by atoms with van der Waals surface area (Å²) in [4.78, 5) is 18.4. The molecule has 3 aromatic rings. The van der Waals surface area contributed by atoms with E-state index in [1.807, 2.05) is 4.57 Å². The highest BCUT2D eigenvalue weighted by Gasteiger charge is 2.26. The lowest BCUT2D eigenvalue weighted by Crippen LogP contribution is -2.38. The molecule has 0 atom stereocenters. The Balaban J connectivity index is 1.57. The van der Waals surface area contributed by atoms with E-state index in [2.05, 4.69) is 25.5 Å². The lowest BCUT2D eigenvalue weighted by atomic mass is 10.2. The summed E-state index contributed by atoms with van der Waals surface area (Å²) in [5, 5.41) is 8.92. The van der Waals surface area contributed by atoms with Crippen molar-refractivity contribution in [1.29, 1.82) is 0 Å². The van der Waals surface area contributed by atoms with Gasteiger partial charge in [-0.3, -0.25) is 4.79 Å². The molecule has 3 heterocycles. The summed E-state index contributed by atoms with van der Waals surface area (Å²) in [6.45, 7) is 1.36. The van der Waals surface area contributed by atoms with Crippen LogP contribution in [0.2, 0.25) is 0 Å². The second-order valence-corrected chi connectivity index (χ2v) is 6.14. The van der Waals surface area contributed by atoms with E-state index in [9.17, 15) is 9.18 Å². The number of rotatable bonds is 2. The van der Waals surface area contributed by atoms with E-state index in [1.165, 1.54) is 35.8 Å². The van der Waals surface area contributed by atoms with E-state index in [1.54, 1.807) is 4.90 Å². The quantitative estimate of drug-likeness (QED) is 0.653. The zero-order chi connectivity index (χ0) is 17.4. The maximum absolute atomic E-state index is 13.0. The molecule has 1 amide bonds. The topological polar surface area (TPSA) is 76.8 Å². The Morgan fingerprint density at radius 3 is 2.76 bits per heavy atom. The van der Waals surface area contributed by atoms with Gasteiger partial charge in [0.1, 0.15) is 5.82 Å². The number of fused-ring (bicyclic) bond motifs is 1. The molecular formula is C16H11FN6OS. The number of benzene rings is 1. The minimum atomic E-state index is -0.372. The smallest absolute Gasteiger partial charge is 0.254 e. The largest absolute Gasteiger partial charge is 0.329 e.